The lowest BCUT2D eigenvalue weighted by atomic mass is 10.00. The van der Waals surface area contributed by atoms with Gasteiger partial charge in [0.25, 0.3) is 0 Å². The van der Waals surface area contributed by atoms with Crippen LogP contribution in [-0.4, -0.2) is 41.0 Å². The van der Waals surface area contributed by atoms with Gasteiger partial charge in [-0.2, -0.15) is 0 Å². The van der Waals surface area contributed by atoms with Crippen molar-refractivity contribution in [1.82, 2.24) is 10.2 Å². The first kappa shape index (κ1) is 15.5. The Morgan fingerprint density at radius 1 is 1.29 bits per heavy atom. The molecule has 1 aliphatic rings. The van der Waals surface area contributed by atoms with Crippen molar-refractivity contribution in [3.8, 4) is 0 Å². The topological polar surface area (TPSA) is 69.6 Å². The number of carboxylic acids is 1. The second-order valence-electron chi connectivity index (χ2n) is 5.86. The second-order valence-corrected chi connectivity index (χ2v) is 5.86. The summed E-state index contributed by atoms with van der Waals surface area (Å²) in [5.41, 5.74) is 2.58. The lowest BCUT2D eigenvalue weighted by molar-refractivity contribution is -0.143. The summed E-state index contributed by atoms with van der Waals surface area (Å²) in [7, 11) is 0. The standard InChI is InChI=1S/C16H22N2O3/c1-11(2)15(16(20)21)17-14(19)10-18-8-7-12-5-3-4-6-13(12)9-18/h3-6,11,15H,7-10H2,1-2H3,(H,17,19)(H,20,21). The quantitative estimate of drug-likeness (QED) is 0.857. The van der Waals surface area contributed by atoms with Crippen molar-refractivity contribution in [2.45, 2.75) is 32.9 Å². The van der Waals surface area contributed by atoms with E-state index in [1.165, 1.54) is 11.1 Å². The summed E-state index contributed by atoms with van der Waals surface area (Å²) in [5.74, 6) is -1.34. The third-order valence-corrected chi connectivity index (χ3v) is 3.83. The monoisotopic (exact) mass is 290 g/mol. The zero-order chi connectivity index (χ0) is 15.4. The number of nitrogens with zero attached hydrogens (tertiary/aromatic N) is 1. The molecule has 2 N–H and O–H groups in total. The predicted octanol–water partition coefficient (Wildman–Crippen LogP) is 1.27. The molecular formula is C16H22N2O3. The van der Waals surface area contributed by atoms with Crippen molar-refractivity contribution in [2.24, 2.45) is 5.92 Å². The number of carbonyl (C=O) groups excluding carboxylic acids is 1. The van der Waals surface area contributed by atoms with Crippen molar-refractivity contribution in [3.05, 3.63) is 35.4 Å². The van der Waals surface area contributed by atoms with Crippen LogP contribution < -0.4 is 5.32 Å². The Bertz CT molecular complexity index is 528. The fourth-order valence-corrected chi connectivity index (χ4v) is 2.62. The van der Waals surface area contributed by atoms with E-state index in [0.29, 0.717) is 0 Å². The van der Waals surface area contributed by atoms with E-state index in [1.807, 2.05) is 12.1 Å². The van der Waals surface area contributed by atoms with Crippen LogP contribution in [0.2, 0.25) is 0 Å². The van der Waals surface area contributed by atoms with E-state index >= 15 is 0 Å². The fraction of sp³-hybridized carbons (Fsp3) is 0.500. The molecule has 1 aromatic carbocycles. The maximum Gasteiger partial charge on any atom is 0.326 e. The van der Waals surface area contributed by atoms with Crippen LogP contribution in [0.1, 0.15) is 25.0 Å². The van der Waals surface area contributed by atoms with Crippen molar-refractivity contribution in [1.29, 1.82) is 0 Å². The molecule has 1 amide bonds. The third-order valence-electron chi connectivity index (χ3n) is 3.83. The summed E-state index contributed by atoms with van der Waals surface area (Å²) in [4.78, 5) is 25.2. The summed E-state index contributed by atoms with van der Waals surface area (Å²) in [6.07, 6.45) is 0.927. The van der Waals surface area contributed by atoms with Crippen molar-refractivity contribution in [3.63, 3.8) is 0 Å². The Morgan fingerprint density at radius 2 is 1.95 bits per heavy atom. The average Bonchev–Trinajstić information content (AvgIpc) is 2.44. The van der Waals surface area contributed by atoms with Gasteiger partial charge in [-0.15, -0.1) is 0 Å². The first-order valence-electron chi connectivity index (χ1n) is 7.28. The maximum atomic E-state index is 12.0. The molecule has 21 heavy (non-hydrogen) atoms. The lowest BCUT2D eigenvalue weighted by Crippen LogP contribution is -2.48. The van der Waals surface area contributed by atoms with Gasteiger partial charge in [0.15, 0.2) is 0 Å². The summed E-state index contributed by atoms with van der Waals surface area (Å²) < 4.78 is 0. The lowest BCUT2D eigenvalue weighted by Gasteiger charge is -2.28. The van der Waals surface area contributed by atoms with Gasteiger partial charge < -0.3 is 10.4 Å². The van der Waals surface area contributed by atoms with Crippen molar-refractivity contribution in [2.75, 3.05) is 13.1 Å². The number of carbonyl (C=O) groups is 2. The van der Waals surface area contributed by atoms with Crippen LogP contribution in [0.3, 0.4) is 0 Å². The number of aliphatic carboxylic acids is 1. The fourth-order valence-electron chi connectivity index (χ4n) is 2.62. The van der Waals surface area contributed by atoms with E-state index in [9.17, 15) is 9.59 Å². The van der Waals surface area contributed by atoms with Gasteiger partial charge in [0.2, 0.25) is 5.91 Å². The smallest absolute Gasteiger partial charge is 0.326 e. The zero-order valence-electron chi connectivity index (χ0n) is 12.5. The molecule has 0 saturated carbocycles. The first-order valence-corrected chi connectivity index (χ1v) is 7.28. The number of benzene rings is 1. The van der Waals surface area contributed by atoms with Crippen LogP contribution >= 0.6 is 0 Å². The van der Waals surface area contributed by atoms with Crippen LogP contribution in [0.15, 0.2) is 24.3 Å². The third kappa shape index (κ3) is 4.04. The summed E-state index contributed by atoms with van der Waals surface area (Å²) in [5, 5.41) is 11.7. The van der Waals surface area contributed by atoms with Crippen LogP contribution in [0.25, 0.3) is 0 Å². The van der Waals surface area contributed by atoms with Gasteiger partial charge in [-0.05, 0) is 23.5 Å². The Morgan fingerprint density at radius 3 is 2.57 bits per heavy atom. The molecule has 114 valence electrons. The molecule has 0 fully saturated rings. The molecule has 1 aliphatic heterocycles. The van der Waals surface area contributed by atoms with Gasteiger partial charge in [-0.3, -0.25) is 9.69 Å². The van der Waals surface area contributed by atoms with Gasteiger partial charge in [0.1, 0.15) is 6.04 Å². The highest BCUT2D eigenvalue weighted by Crippen LogP contribution is 2.18. The minimum atomic E-state index is -0.984. The number of rotatable bonds is 5. The van der Waals surface area contributed by atoms with Crippen LogP contribution in [0.5, 0.6) is 0 Å². The Hall–Kier alpha value is -1.88. The molecule has 0 saturated heterocycles. The van der Waals surface area contributed by atoms with Crippen molar-refractivity contribution < 1.29 is 14.7 Å². The molecule has 0 aliphatic carbocycles. The molecule has 1 heterocycles. The minimum Gasteiger partial charge on any atom is -0.480 e. The van der Waals surface area contributed by atoms with Gasteiger partial charge in [0, 0.05) is 13.1 Å². The van der Waals surface area contributed by atoms with Crippen molar-refractivity contribution >= 4 is 11.9 Å². The van der Waals surface area contributed by atoms with Crippen LogP contribution in [-0.2, 0) is 22.6 Å². The van der Waals surface area contributed by atoms with E-state index in [-0.39, 0.29) is 18.4 Å². The molecule has 1 atom stereocenters. The Kier molecular flexibility index (Phi) is 4.96. The molecule has 1 aromatic rings. The molecule has 0 spiro atoms. The molecule has 5 heteroatoms. The van der Waals surface area contributed by atoms with E-state index in [2.05, 4.69) is 22.3 Å². The van der Waals surface area contributed by atoms with Gasteiger partial charge in [-0.1, -0.05) is 38.1 Å². The number of amides is 1. The highest BCUT2D eigenvalue weighted by Gasteiger charge is 2.25. The first-order chi connectivity index (χ1) is 9.97. The second kappa shape index (κ2) is 6.72. The van der Waals surface area contributed by atoms with E-state index in [1.54, 1.807) is 13.8 Å². The Labute approximate surface area is 125 Å². The summed E-state index contributed by atoms with van der Waals surface area (Å²) in [6, 6.07) is 7.40. The molecule has 5 nitrogen and oxygen atoms in total. The number of hydrogen-bond acceptors (Lipinski definition) is 3. The van der Waals surface area contributed by atoms with Crippen LogP contribution in [0, 0.1) is 5.92 Å². The number of carboxylic acid groups (broad SMARTS) is 1. The van der Waals surface area contributed by atoms with E-state index in [0.717, 1.165) is 19.5 Å². The van der Waals surface area contributed by atoms with Gasteiger partial charge in [0.05, 0.1) is 6.54 Å². The highest BCUT2D eigenvalue weighted by molar-refractivity contribution is 5.84. The molecule has 2 rings (SSSR count). The maximum absolute atomic E-state index is 12.0. The molecule has 1 unspecified atom stereocenters. The number of fused-ring (bicyclic) bond motifs is 1. The van der Waals surface area contributed by atoms with E-state index < -0.39 is 12.0 Å². The SMILES string of the molecule is CC(C)C(NC(=O)CN1CCc2ccccc2C1)C(=O)O. The van der Waals surface area contributed by atoms with Gasteiger partial charge in [-0.25, -0.2) is 4.79 Å². The zero-order valence-corrected chi connectivity index (χ0v) is 12.5. The summed E-state index contributed by atoms with van der Waals surface area (Å²) in [6.45, 7) is 5.38. The Balaban J connectivity index is 1.91. The molecule has 0 bridgehead atoms. The minimum absolute atomic E-state index is 0.131. The molecular weight excluding hydrogens is 268 g/mol. The number of hydrogen-bond donors (Lipinski definition) is 2. The van der Waals surface area contributed by atoms with E-state index in [4.69, 9.17) is 5.11 Å². The average molecular weight is 290 g/mol. The predicted molar refractivity (Wildman–Crippen MR) is 79.8 cm³/mol. The highest BCUT2D eigenvalue weighted by atomic mass is 16.4. The normalized spacial score (nSPS) is 16.3. The van der Waals surface area contributed by atoms with Crippen LogP contribution in [0.4, 0.5) is 0 Å². The van der Waals surface area contributed by atoms with Gasteiger partial charge >= 0.3 is 5.97 Å². The summed E-state index contributed by atoms with van der Waals surface area (Å²) >= 11 is 0. The largest absolute Gasteiger partial charge is 0.480 e. The molecule has 0 radical (unpaired) electrons. The molecule has 0 aromatic heterocycles. The number of nitrogens with one attached hydrogen (secondary N) is 1.